The van der Waals surface area contributed by atoms with Crippen LogP contribution in [0.3, 0.4) is 0 Å². The quantitative estimate of drug-likeness (QED) is 0.233. The van der Waals surface area contributed by atoms with Crippen molar-refractivity contribution in [1.29, 1.82) is 0 Å². The number of hydrogen-bond acceptors (Lipinski definition) is 6. The monoisotopic (exact) mass is 370 g/mol. The van der Waals surface area contributed by atoms with Crippen LogP contribution in [0.4, 0.5) is 0 Å². The number of carboxylic acids is 1. The van der Waals surface area contributed by atoms with E-state index < -0.39 is 17.9 Å². The number of carboxylic acid groups (broad SMARTS) is 1. The molecule has 148 valence electrons. The van der Waals surface area contributed by atoms with Gasteiger partial charge in [0, 0.05) is 16.7 Å². The largest absolute Gasteiger partial charge is 0.478 e. The zero-order valence-corrected chi connectivity index (χ0v) is 16.4. The van der Waals surface area contributed by atoms with Gasteiger partial charge < -0.3 is 19.7 Å². The summed E-state index contributed by atoms with van der Waals surface area (Å²) < 4.78 is 9.54. The van der Waals surface area contributed by atoms with Crippen molar-refractivity contribution in [2.75, 3.05) is 19.8 Å². The molecule has 0 rings (SSSR count). The van der Waals surface area contributed by atoms with Crippen LogP contribution in [0.5, 0.6) is 0 Å². The van der Waals surface area contributed by atoms with Gasteiger partial charge in [0.05, 0.1) is 19.8 Å². The molecule has 0 aromatic carbocycles. The Balaban J connectivity index is 0. The van der Waals surface area contributed by atoms with Gasteiger partial charge in [-0.3, -0.25) is 0 Å². The van der Waals surface area contributed by atoms with E-state index in [4.69, 9.17) is 14.9 Å². The smallest absolute Gasteiger partial charge is 0.341 e. The lowest BCUT2D eigenvalue weighted by molar-refractivity contribution is -0.154. The van der Waals surface area contributed by atoms with E-state index in [1.807, 2.05) is 0 Å². The van der Waals surface area contributed by atoms with Gasteiger partial charge in [0.15, 0.2) is 0 Å². The molecule has 0 aliphatic rings. The third-order valence-electron chi connectivity index (χ3n) is 2.55. The molecule has 0 saturated carbocycles. The predicted molar refractivity (Wildman–Crippen MR) is 98.4 cm³/mol. The van der Waals surface area contributed by atoms with E-state index in [1.165, 1.54) is 32.9 Å². The molecule has 0 saturated heterocycles. The molecular weight excluding hydrogens is 340 g/mol. The highest BCUT2D eigenvalue weighted by molar-refractivity contribution is 6.01. The fourth-order valence-electron chi connectivity index (χ4n) is 1.08. The maximum Gasteiger partial charge on any atom is 0.341 e. The van der Waals surface area contributed by atoms with Crippen molar-refractivity contribution in [3.63, 3.8) is 0 Å². The van der Waals surface area contributed by atoms with Crippen molar-refractivity contribution in [2.24, 2.45) is 5.41 Å². The molecule has 0 bridgehead atoms. The lowest BCUT2D eigenvalue weighted by atomic mass is 9.99. The molecule has 0 fully saturated rings. The number of aliphatic carboxylic acids is 1. The zero-order valence-electron chi connectivity index (χ0n) is 16.4. The van der Waals surface area contributed by atoms with Gasteiger partial charge in [-0.25, -0.2) is 14.4 Å². The van der Waals surface area contributed by atoms with Crippen LogP contribution in [0.1, 0.15) is 41.5 Å². The Bertz CT molecular complexity index is 563. The average molecular weight is 370 g/mol. The highest BCUT2D eigenvalue weighted by atomic mass is 16.6. The van der Waals surface area contributed by atoms with Gasteiger partial charge in [-0.15, -0.1) is 0 Å². The molecule has 0 amide bonds. The van der Waals surface area contributed by atoms with Crippen LogP contribution >= 0.6 is 0 Å². The normalized spacial score (nSPS) is 12.0. The topological polar surface area (TPSA) is 110 Å². The molecule has 0 spiro atoms. The molecule has 7 nitrogen and oxygen atoms in total. The first kappa shape index (κ1) is 26.0. The Morgan fingerprint density at radius 1 is 1.00 bits per heavy atom. The van der Waals surface area contributed by atoms with E-state index in [-0.39, 0.29) is 28.7 Å². The lowest BCUT2D eigenvalue weighted by Gasteiger charge is -2.17. The third-order valence-corrected chi connectivity index (χ3v) is 2.55. The zero-order chi connectivity index (χ0) is 20.9. The van der Waals surface area contributed by atoms with Crippen molar-refractivity contribution in [3.8, 4) is 0 Å². The Kier molecular flexibility index (Phi) is 13.0. The SMILES string of the molecule is C=C(C)C(=O)OC(=O)C(C)=CC=C(C)C(=O)O.CC(C)(C)COCCO. The van der Waals surface area contributed by atoms with E-state index in [0.717, 1.165) is 0 Å². The minimum atomic E-state index is -1.08. The summed E-state index contributed by atoms with van der Waals surface area (Å²) in [4.78, 5) is 32.8. The standard InChI is InChI=1S/C12H14O5.C7H16O2/c1-7(2)11(15)17-12(16)9(4)6-5-8(3)10(13)14;1-7(2,3)6-9-5-4-8/h5-6H,1H2,2-4H3,(H,13,14);8H,4-6H2,1-3H3. The molecule has 0 unspecified atom stereocenters. The van der Waals surface area contributed by atoms with Crippen molar-refractivity contribution >= 4 is 17.9 Å². The Morgan fingerprint density at radius 2 is 1.50 bits per heavy atom. The maximum atomic E-state index is 11.3. The Morgan fingerprint density at radius 3 is 1.88 bits per heavy atom. The van der Waals surface area contributed by atoms with Crippen LogP contribution in [0, 0.1) is 5.41 Å². The van der Waals surface area contributed by atoms with Crippen LogP contribution in [0.25, 0.3) is 0 Å². The average Bonchev–Trinajstić information content (AvgIpc) is 2.51. The molecule has 0 atom stereocenters. The van der Waals surface area contributed by atoms with Gasteiger partial charge in [0.1, 0.15) is 0 Å². The van der Waals surface area contributed by atoms with Crippen LogP contribution < -0.4 is 0 Å². The number of esters is 2. The molecule has 0 aliphatic carbocycles. The minimum absolute atomic E-state index is 0.0726. The Hall–Kier alpha value is -2.25. The molecule has 0 aromatic rings. The highest BCUT2D eigenvalue weighted by Gasteiger charge is 2.12. The van der Waals surface area contributed by atoms with Gasteiger partial charge >= 0.3 is 17.9 Å². The van der Waals surface area contributed by atoms with Crippen molar-refractivity contribution in [2.45, 2.75) is 41.5 Å². The van der Waals surface area contributed by atoms with Gasteiger partial charge in [-0.2, -0.15) is 0 Å². The predicted octanol–water partition coefficient (Wildman–Crippen LogP) is 2.65. The molecule has 2 N–H and O–H groups in total. The summed E-state index contributed by atoms with van der Waals surface area (Å²) in [5, 5.41) is 16.9. The second-order valence-electron chi connectivity index (χ2n) is 6.80. The van der Waals surface area contributed by atoms with E-state index in [2.05, 4.69) is 32.1 Å². The number of aliphatic hydroxyl groups is 1. The number of hydrogen-bond donors (Lipinski definition) is 2. The van der Waals surface area contributed by atoms with Gasteiger partial charge in [-0.1, -0.05) is 39.5 Å². The summed E-state index contributed by atoms with van der Waals surface area (Å²) in [6.45, 7) is 15.1. The second-order valence-corrected chi connectivity index (χ2v) is 6.80. The Labute approximate surface area is 155 Å². The van der Waals surface area contributed by atoms with Crippen molar-refractivity contribution in [1.82, 2.24) is 0 Å². The van der Waals surface area contributed by atoms with Gasteiger partial charge in [-0.05, 0) is 26.2 Å². The number of carbonyl (C=O) groups is 3. The molecular formula is C19H30O7. The summed E-state index contributed by atoms with van der Waals surface area (Å²) in [5.41, 5.74) is 0.529. The minimum Gasteiger partial charge on any atom is -0.478 e. The first-order valence-corrected chi connectivity index (χ1v) is 8.01. The summed E-state index contributed by atoms with van der Waals surface area (Å²) in [6.07, 6.45) is 2.53. The first-order valence-electron chi connectivity index (χ1n) is 8.01. The summed E-state index contributed by atoms with van der Waals surface area (Å²) in [6, 6.07) is 0. The molecule has 0 aromatic heterocycles. The van der Waals surface area contributed by atoms with Crippen LogP contribution in [-0.4, -0.2) is 47.9 Å². The third kappa shape index (κ3) is 15.3. The van der Waals surface area contributed by atoms with Crippen LogP contribution in [0.15, 0.2) is 35.5 Å². The van der Waals surface area contributed by atoms with E-state index >= 15 is 0 Å². The van der Waals surface area contributed by atoms with Crippen LogP contribution in [-0.2, 0) is 23.9 Å². The molecule has 7 heteroatoms. The number of aliphatic hydroxyl groups excluding tert-OH is 1. The second kappa shape index (κ2) is 13.0. The number of carbonyl (C=O) groups excluding carboxylic acids is 2. The summed E-state index contributed by atoms with van der Waals surface area (Å²) in [7, 11) is 0. The lowest BCUT2D eigenvalue weighted by Crippen LogP contribution is -2.15. The molecule has 0 heterocycles. The maximum absolute atomic E-state index is 11.3. The molecule has 0 radical (unpaired) electrons. The van der Waals surface area contributed by atoms with E-state index in [1.54, 1.807) is 0 Å². The van der Waals surface area contributed by atoms with Gasteiger partial charge in [0.25, 0.3) is 0 Å². The fraction of sp³-hybridized carbons (Fsp3) is 0.526. The summed E-state index contributed by atoms with van der Waals surface area (Å²) in [5.74, 6) is -2.71. The molecule has 0 aliphatic heterocycles. The first-order chi connectivity index (χ1) is 11.8. The molecule has 26 heavy (non-hydrogen) atoms. The number of allylic oxidation sites excluding steroid dienone is 2. The van der Waals surface area contributed by atoms with Crippen LogP contribution in [0.2, 0.25) is 0 Å². The van der Waals surface area contributed by atoms with Crippen molar-refractivity contribution < 1.29 is 34.1 Å². The van der Waals surface area contributed by atoms with Crippen molar-refractivity contribution in [3.05, 3.63) is 35.5 Å². The van der Waals surface area contributed by atoms with Gasteiger partial charge in [0.2, 0.25) is 0 Å². The fourth-order valence-corrected chi connectivity index (χ4v) is 1.08. The number of rotatable bonds is 7. The van der Waals surface area contributed by atoms with E-state index in [0.29, 0.717) is 13.2 Å². The highest BCUT2D eigenvalue weighted by Crippen LogP contribution is 2.12. The summed E-state index contributed by atoms with van der Waals surface area (Å²) >= 11 is 0. The number of ether oxygens (including phenoxy) is 2. The van der Waals surface area contributed by atoms with E-state index in [9.17, 15) is 14.4 Å².